The number of hydrogen-bond acceptors (Lipinski definition) is 2. The van der Waals surface area contributed by atoms with Gasteiger partial charge in [-0.05, 0) is 33.1 Å². The Morgan fingerprint density at radius 1 is 0.500 bits per heavy atom. The van der Waals surface area contributed by atoms with E-state index in [1.807, 2.05) is 0 Å². The second-order valence-corrected chi connectivity index (χ2v) is 11.4. The first-order chi connectivity index (χ1) is 16.7. The van der Waals surface area contributed by atoms with E-state index in [1.54, 1.807) is 0 Å². The SMILES string of the molecule is CCCCCCCCCCCCCCCN1C=CN(C(C)C)C1CCCCCCCCCCC. The van der Waals surface area contributed by atoms with Gasteiger partial charge in [-0.25, -0.2) is 0 Å². The predicted molar refractivity (Wildman–Crippen MR) is 154 cm³/mol. The van der Waals surface area contributed by atoms with Crippen LogP contribution in [0.4, 0.5) is 0 Å². The van der Waals surface area contributed by atoms with Crippen molar-refractivity contribution in [1.29, 1.82) is 0 Å². The largest absolute Gasteiger partial charge is 0.356 e. The Morgan fingerprint density at radius 3 is 1.29 bits per heavy atom. The first-order valence-electron chi connectivity index (χ1n) is 15.9. The molecule has 0 aromatic carbocycles. The summed E-state index contributed by atoms with van der Waals surface area (Å²) in [6.07, 6.45) is 38.2. The van der Waals surface area contributed by atoms with Gasteiger partial charge in [-0.1, -0.05) is 142 Å². The summed E-state index contributed by atoms with van der Waals surface area (Å²) < 4.78 is 0. The minimum absolute atomic E-state index is 0.608. The summed E-state index contributed by atoms with van der Waals surface area (Å²) in [6, 6.07) is 0.608. The van der Waals surface area contributed by atoms with Crippen molar-refractivity contribution in [2.24, 2.45) is 0 Å². The monoisotopic (exact) mass is 477 g/mol. The summed E-state index contributed by atoms with van der Waals surface area (Å²) in [5.41, 5.74) is 0. The van der Waals surface area contributed by atoms with E-state index in [9.17, 15) is 0 Å². The Bertz CT molecular complexity index is 444. The third-order valence-corrected chi connectivity index (χ3v) is 7.84. The molecule has 0 aromatic heterocycles. The van der Waals surface area contributed by atoms with Gasteiger partial charge in [-0.2, -0.15) is 0 Å². The summed E-state index contributed by atoms with van der Waals surface area (Å²) in [4.78, 5) is 5.26. The van der Waals surface area contributed by atoms with Crippen LogP contribution in [-0.4, -0.2) is 28.6 Å². The molecule has 1 aliphatic heterocycles. The standard InChI is InChI=1S/C32H64N2/c1-5-7-9-11-13-15-16-17-18-20-22-24-26-28-33-29-30-34(31(3)4)32(33)27-25-23-21-19-14-12-10-8-6-2/h29-32H,5-28H2,1-4H3. The summed E-state index contributed by atoms with van der Waals surface area (Å²) in [5, 5.41) is 0. The topological polar surface area (TPSA) is 6.48 Å². The zero-order chi connectivity index (χ0) is 24.7. The summed E-state index contributed by atoms with van der Waals surface area (Å²) in [7, 11) is 0. The number of rotatable bonds is 25. The molecule has 1 unspecified atom stereocenters. The molecule has 34 heavy (non-hydrogen) atoms. The van der Waals surface area contributed by atoms with Crippen molar-refractivity contribution in [3.05, 3.63) is 12.4 Å². The van der Waals surface area contributed by atoms with E-state index in [-0.39, 0.29) is 0 Å². The predicted octanol–water partition coefficient (Wildman–Crippen LogP) is 10.8. The van der Waals surface area contributed by atoms with Crippen LogP contribution >= 0.6 is 0 Å². The fourth-order valence-electron chi connectivity index (χ4n) is 5.54. The molecule has 0 N–H and O–H groups in total. The highest BCUT2D eigenvalue weighted by atomic mass is 15.4. The molecule has 2 nitrogen and oxygen atoms in total. The minimum Gasteiger partial charge on any atom is -0.356 e. The molecule has 2 heteroatoms. The van der Waals surface area contributed by atoms with Gasteiger partial charge in [0, 0.05) is 25.0 Å². The molecule has 202 valence electrons. The van der Waals surface area contributed by atoms with Crippen LogP contribution in [-0.2, 0) is 0 Å². The zero-order valence-electron chi connectivity index (χ0n) is 24.2. The third-order valence-electron chi connectivity index (χ3n) is 7.84. The molecule has 0 spiro atoms. The van der Waals surface area contributed by atoms with Crippen LogP contribution in [0, 0.1) is 0 Å². The maximum atomic E-state index is 2.66. The van der Waals surface area contributed by atoms with Gasteiger partial charge in [0.2, 0.25) is 0 Å². The quantitative estimate of drug-likeness (QED) is 0.121. The van der Waals surface area contributed by atoms with Crippen molar-refractivity contribution in [3.63, 3.8) is 0 Å². The summed E-state index contributed by atoms with van der Waals surface area (Å²) in [5.74, 6) is 0. The zero-order valence-corrected chi connectivity index (χ0v) is 24.2. The lowest BCUT2D eigenvalue weighted by Gasteiger charge is -2.35. The summed E-state index contributed by atoms with van der Waals surface area (Å²) >= 11 is 0. The van der Waals surface area contributed by atoms with Gasteiger partial charge < -0.3 is 9.80 Å². The van der Waals surface area contributed by atoms with E-state index in [0.717, 1.165) is 0 Å². The van der Waals surface area contributed by atoms with Crippen molar-refractivity contribution in [3.8, 4) is 0 Å². The third kappa shape index (κ3) is 16.1. The van der Waals surface area contributed by atoms with Crippen molar-refractivity contribution in [2.45, 2.75) is 188 Å². The molecule has 0 saturated carbocycles. The Kier molecular flexibility index (Phi) is 21.0. The average molecular weight is 477 g/mol. The molecular weight excluding hydrogens is 412 g/mol. The van der Waals surface area contributed by atoms with Crippen LogP contribution < -0.4 is 0 Å². The molecule has 0 radical (unpaired) electrons. The van der Waals surface area contributed by atoms with Crippen molar-refractivity contribution >= 4 is 0 Å². The van der Waals surface area contributed by atoms with Gasteiger partial charge in [-0.3, -0.25) is 0 Å². The number of nitrogens with zero attached hydrogens (tertiary/aromatic N) is 2. The van der Waals surface area contributed by atoms with E-state index in [1.165, 1.54) is 154 Å². The van der Waals surface area contributed by atoms with Gasteiger partial charge in [0.05, 0.1) is 0 Å². The molecule has 0 aliphatic carbocycles. The Labute approximate surface area is 216 Å². The lowest BCUT2D eigenvalue weighted by molar-refractivity contribution is 0.114. The fourth-order valence-corrected chi connectivity index (χ4v) is 5.54. The van der Waals surface area contributed by atoms with E-state index < -0.39 is 0 Å². The molecule has 1 rings (SSSR count). The Hall–Kier alpha value is -0.660. The van der Waals surface area contributed by atoms with Gasteiger partial charge in [0.15, 0.2) is 0 Å². The van der Waals surface area contributed by atoms with Gasteiger partial charge in [-0.15, -0.1) is 0 Å². The van der Waals surface area contributed by atoms with E-state index >= 15 is 0 Å². The van der Waals surface area contributed by atoms with Crippen molar-refractivity contribution < 1.29 is 0 Å². The Balaban J connectivity index is 2.05. The number of unbranched alkanes of at least 4 members (excludes halogenated alkanes) is 20. The Morgan fingerprint density at radius 2 is 0.882 bits per heavy atom. The highest BCUT2D eigenvalue weighted by molar-refractivity contribution is 4.98. The van der Waals surface area contributed by atoms with E-state index in [4.69, 9.17) is 0 Å². The lowest BCUT2D eigenvalue weighted by atomic mass is 10.0. The molecule has 0 fully saturated rings. The van der Waals surface area contributed by atoms with E-state index in [2.05, 4.69) is 49.9 Å². The second-order valence-electron chi connectivity index (χ2n) is 11.4. The van der Waals surface area contributed by atoms with Crippen LogP contribution in [0.25, 0.3) is 0 Å². The minimum atomic E-state index is 0.608. The van der Waals surface area contributed by atoms with E-state index in [0.29, 0.717) is 12.2 Å². The smallest absolute Gasteiger partial charge is 0.101 e. The van der Waals surface area contributed by atoms with Crippen LogP contribution in [0.2, 0.25) is 0 Å². The maximum absolute atomic E-state index is 2.66. The van der Waals surface area contributed by atoms with Gasteiger partial charge in [0.1, 0.15) is 6.17 Å². The molecular formula is C32H64N2. The molecule has 0 saturated heterocycles. The summed E-state index contributed by atoms with van der Waals surface area (Å²) in [6.45, 7) is 10.6. The highest BCUT2D eigenvalue weighted by Gasteiger charge is 2.26. The van der Waals surface area contributed by atoms with Crippen LogP contribution in [0.3, 0.4) is 0 Å². The molecule has 1 heterocycles. The van der Waals surface area contributed by atoms with Crippen LogP contribution in [0.1, 0.15) is 175 Å². The molecule has 1 atom stereocenters. The first-order valence-corrected chi connectivity index (χ1v) is 15.9. The van der Waals surface area contributed by atoms with Crippen molar-refractivity contribution in [2.75, 3.05) is 6.54 Å². The molecule has 0 amide bonds. The number of hydrogen-bond donors (Lipinski definition) is 0. The van der Waals surface area contributed by atoms with Gasteiger partial charge >= 0.3 is 0 Å². The van der Waals surface area contributed by atoms with Gasteiger partial charge in [0.25, 0.3) is 0 Å². The average Bonchev–Trinajstić information content (AvgIpc) is 3.24. The molecule has 1 aliphatic rings. The van der Waals surface area contributed by atoms with Crippen LogP contribution in [0.5, 0.6) is 0 Å². The normalized spacial score (nSPS) is 15.9. The lowest BCUT2D eigenvalue weighted by Crippen LogP contribution is -2.42. The van der Waals surface area contributed by atoms with Crippen molar-refractivity contribution in [1.82, 2.24) is 9.80 Å². The molecule has 0 aromatic rings. The highest BCUT2D eigenvalue weighted by Crippen LogP contribution is 2.25. The van der Waals surface area contributed by atoms with Crippen LogP contribution in [0.15, 0.2) is 12.4 Å². The second kappa shape index (κ2) is 22.8. The molecule has 0 bridgehead atoms. The maximum Gasteiger partial charge on any atom is 0.101 e. The fraction of sp³-hybridized carbons (Fsp3) is 0.938. The first kappa shape index (κ1) is 31.4.